The number of esters is 1. The van der Waals surface area contributed by atoms with Crippen molar-refractivity contribution in [2.45, 2.75) is 47.6 Å². The average molecular weight is 505 g/mol. The summed E-state index contributed by atoms with van der Waals surface area (Å²) in [6.45, 7) is 10.3. The number of sulfonamides is 1. The number of aromatic nitrogens is 1. The standard InChI is InChI=1S/C26H36N2O6S/c1-6-28-21(5)24(20(4)25(28)26(30)34-8-3)23(29)19-27(16-12-17-33-7-2)35(31,32)18-15-22-13-10-9-11-14-22/h9-11,13-15,18H,6-8,12,16-17,19H2,1-5H3/b18-15+. The van der Waals surface area contributed by atoms with Crippen LogP contribution in [0.15, 0.2) is 35.7 Å². The first-order chi connectivity index (χ1) is 16.7. The van der Waals surface area contributed by atoms with Crippen LogP contribution in [0.4, 0.5) is 0 Å². The number of ketones is 1. The fraction of sp³-hybridized carbons (Fsp3) is 0.462. The van der Waals surface area contributed by atoms with E-state index in [4.69, 9.17) is 9.47 Å². The molecule has 2 aromatic rings. The van der Waals surface area contributed by atoms with Gasteiger partial charge in [-0.25, -0.2) is 13.2 Å². The molecule has 0 N–H and O–H groups in total. The van der Waals surface area contributed by atoms with Gasteiger partial charge < -0.3 is 14.0 Å². The Bertz CT molecular complexity index is 1140. The van der Waals surface area contributed by atoms with E-state index in [2.05, 4.69) is 0 Å². The minimum absolute atomic E-state index is 0.129. The zero-order valence-electron chi connectivity index (χ0n) is 21.2. The van der Waals surface area contributed by atoms with Crippen LogP contribution < -0.4 is 0 Å². The molecule has 0 radical (unpaired) electrons. The highest BCUT2D eigenvalue weighted by molar-refractivity contribution is 7.92. The molecule has 0 fully saturated rings. The van der Waals surface area contributed by atoms with Crippen molar-refractivity contribution in [1.29, 1.82) is 0 Å². The van der Waals surface area contributed by atoms with E-state index in [0.717, 1.165) is 11.0 Å². The third-order valence-electron chi connectivity index (χ3n) is 5.64. The molecule has 0 saturated heterocycles. The number of benzene rings is 1. The number of carbonyl (C=O) groups is 2. The van der Waals surface area contributed by atoms with Gasteiger partial charge in [0.2, 0.25) is 10.0 Å². The summed E-state index contributed by atoms with van der Waals surface area (Å²) in [7, 11) is -3.89. The lowest BCUT2D eigenvalue weighted by molar-refractivity contribution is 0.0512. The normalized spacial score (nSPS) is 11.9. The zero-order chi connectivity index (χ0) is 26.0. The first kappa shape index (κ1) is 28.5. The van der Waals surface area contributed by atoms with Gasteiger partial charge in [0.05, 0.1) is 13.2 Å². The van der Waals surface area contributed by atoms with Crippen LogP contribution in [0.2, 0.25) is 0 Å². The summed E-state index contributed by atoms with van der Waals surface area (Å²) in [6.07, 6.45) is 1.96. The van der Waals surface area contributed by atoms with Crippen molar-refractivity contribution in [3.8, 4) is 0 Å². The molecule has 1 heterocycles. The summed E-state index contributed by atoms with van der Waals surface area (Å²) in [6, 6.07) is 9.09. The molecule has 0 spiro atoms. The van der Waals surface area contributed by atoms with E-state index >= 15 is 0 Å². The predicted molar refractivity (Wildman–Crippen MR) is 137 cm³/mol. The molecule has 0 amide bonds. The topological polar surface area (TPSA) is 94.9 Å². The molecule has 1 aromatic carbocycles. The SMILES string of the molecule is CCOCCCN(CC(=O)c1c(C)c(C(=O)OCC)n(CC)c1C)S(=O)(=O)/C=C/c1ccccc1. The van der Waals surface area contributed by atoms with E-state index in [1.54, 1.807) is 37.5 Å². The summed E-state index contributed by atoms with van der Waals surface area (Å²) in [5, 5.41) is 1.12. The molecule has 192 valence electrons. The smallest absolute Gasteiger partial charge is 0.355 e. The van der Waals surface area contributed by atoms with E-state index < -0.39 is 16.0 Å². The Morgan fingerprint density at radius 1 is 1.06 bits per heavy atom. The van der Waals surface area contributed by atoms with Gasteiger partial charge in [-0.05, 0) is 58.2 Å². The second-order valence-corrected chi connectivity index (χ2v) is 9.78. The Morgan fingerprint density at radius 2 is 1.74 bits per heavy atom. The zero-order valence-corrected chi connectivity index (χ0v) is 22.1. The second-order valence-electron chi connectivity index (χ2n) is 7.96. The first-order valence-corrected chi connectivity index (χ1v) is 13.4. The molecule has 2 rings (SSSR count). The van der Waals surface area contributed by atoms with E-state index in [1.807, 2.05) is 32.0 Å². The van der Waals surface area contributed by atoms with Crippen LogP contribution in [0.25, 0.3) is 6.08 Å². The molecule has 1 aromatic heterocycles. The van der Waals surface area contributed by atoms with Crippen LogP contribution in [0.3, 0.4) is 0 Å². The minimum Gasteiger partial charge on any atom is -0.461 e. The molecule has 0 atom stereocenters. The molecule has 0 unspecified atom stereocenters. The lowest BCUT2D eigenvalue weighted by Gasteiger charge is -2.20. The molecular formula is C26H36N2O6S. The van der Waals surface area contributed by atoms with Crippen LogP contribution in [0.1, 0.15) is 64.9 Å². The fourth-order valence-corrected chi connectivity index (χ4v) is 5.18. The second kappa shape index (κ2) is 13.4. The number of hydrogen-bond donors (Lipinski definition) is 0. The van der Waals surface area contributed by atoms with Crippen molar-refractivity contribution in [2.24, 2.45) is 0 Å². The van der Waals surface area contributed by atoms with Gasteiger partial charge in [0.1, 0.15) is 5.69 Å². The maximum absolute atomic E-state index is 13.4. The Balaban J connectivity index is 2.38. The summed E-state index contributed by atoms with van der Waals surface area (Å²) in [5.74, 6) is -0.869. The van der Waals surface area contributed by atoms with E-state index in [0.29, 0.717) is 48.7 Å². The molecule has 8 nitrogen and oxygen atoms in total. The number of rotatable bonds is 14. The lowest BCUT2D eigenvalue weighted by Crippen LogP contribution is -2.36. The minimum atomic E-state index is -3.89. The number of carbonyl (C=O) groups excluding carboxylic acids is 2. The maximum Gasteiger partial charge on any atom is 0.355 e. The van der Waals surface area contributed by atoms with Crippen LogP contribution in [-0.2, 0) is 26.0 Å². The lowest BCUT2D eigenvalue weighted by atomic mass is 10.1. The molecule has 0 aliphatic carbocycles. The van der Waals surface area contributed by atoms with Crippen LogP contribution in [-0.4, -0.2) is 62.0 Å². The number of ether oxygens (including phenoxy) is 2. The van der Waals surface area contributed by atoms with Gasteiger partial charge in [-0.1, -0.05) is 30.3 Å². The predicted octanol–water partition coefficient (Wildman–Crippen LogP) is 4.21. The maximum atomic E-state index is 13.4. The highest BCUT2D eigenvalue weighted by Crippen LogP contribution is 2.25. The van der Waals surface area contributed by atoms with Gasteiger partial charge in [-0.2, -0.15) is 4.31 Å². The van der Waals surface area contributed by atoms with Crippen molar-refractivity contribution in [3.63, 3.8) is 0 Å². The number of hydrogen-bond acceptors (Lipinski definition) is 6. The van der Waals surface area contributed by atoms with Crippen molar-refractivity contribution < 1.29 is 27.5 Å². The van der Waals surface area contributed by atoms with Gasteiger partial charge >= 0.3 is 5.97 Å². The fourth-order valence-electron chi connectivity index (χ4n) is 4.00. The molecule has 0 saturated carbocycles. The van der Waals surface area contributed by atoms with Gasteiger partial charge in [-0.3, -0.25) is 4.79 Å². The molecule has 35 heavy (non-hydrogen) atoms. The molecule has 0 aliphatic heterocycles. The van der Waals surface area contributed by atoms with Crippen LogP contribution in [0, 0.1) is 13.8 Å². The quantitative estimate of drug-likeness (QED) is 0.217. The van der Waals surface area contributed by atoms with Crippen LogP contribution >= 0.6 is 0 Å². The van der Waals surface area contributed by atoms with Crippen molar-refractivity contribution >= 4 is 27.9 Å². The first-order valence-electron chi connectivity index (χ1n) is 11.9. The van der Waals surface area contributed by atoms with E-state index in [9.17, 15) is 18.0 Å². The Hall–Kier alpha value is -2.75. The van der Waals surface area contributed by atoms with Crippen LogP contribution in [0.5, 0.6) is 0 Å². The van der Waals surface area contributed by atoms with Gasteiger partial charge in [0.25, 0.3) is 0 Å². The highest BCUT2D eigenvalue weighted by Gasteiger charge is 2.29. The van der Waals surface area contributed by atoms with Crippen molar-refractivity contribution in [1.82, 2.24) is 8.87 Å². The van der Waals surface area contributed by atoms with E-state index in [-0.39, 0.29) is 25.5 Å². The van der Waals surface area contributed by atoms with Crippen molar-refractivity contribution in [2.75, 3.05) is 32.9 Å². The molecule has 0 bridgehead atoms. The van der Waals surface area contributed by atoms with Gasteiger partial charge in [0.15, 0.2) is 5.78 Å². The Kier molecular flexibility index (Phi) is 10.9. The van der Waals surface area contributed by atoms with Crippen molar-refractivity contribution in [3.05, 3.63) is 63.8 Å². The molecule has 9 heteroatoms. The number of nitrogens with zero attached hydrogens (tertiary/aromatic N) is 2. The van der Waals surface area contributed by atoms with Gasteiger partial charge in [0, 0.05) is 43.0 Å². The summed E-state index contributed by atoms with van der Waals surface area (Å²) < 4.78 is 39.8. The van der Waals surface area contributed by atoms with Gasteiger partial charge in [-0.15, -0.1) is 0 Å². The summed E-state index contributed by atoms with van der Waals surface area (Å²) in [4.78, 5) is 26.0. The average Bonchev–Trinajstić information content (AvgIpc) is 3.09. The Morgan fingerprint density at radius 3 is 2.34 bits per heavy atom. The molecular weight excluding hydrogens is 468 g/mol. The van der Waals surface area contributed by atoms with E-state index in [1.165, 1.54) is 10.4 Å². The monoisotopic (exact) mass is 504 g/mol. The third kappa shape index (κ3) is 7.37. The largest absolute Gasteiger partial charge is 0.461 e. The third-order valence-corrected chi connectivity index (χ3v) is 7.15. The highest BCUT2D eigenvalue weighted by atomic mass is 32.2. The number of Topliss-reactive ketones (excluding diaryl/α,β-unsaturated/α-hetero) is 1. The molecule has 0 aliphatic rings. The Labute approximate surface area is 208 Å². The summed E-state index contributed by atoms with van der Waals surface area (Å²) in [5.41, 5.74) is 2.53. The summed E-state index contributed by atoms with van der Waals surface area (Å²) >= 11 is 0.